The minimum Gasteiger partial charge on any atom is -0.507 e. The van der Waals surface area contributed by atoms with Crippen molar-refractivity contribution in [1.82, 2.24) is 5.32 Å². The molecule has 23 heavy (non-hydrogen) atoms. The lowest BCUT2D eigenvalue weighted by molar-refractivity contribution is -0.142. The summed E-state index contributed by atoms with van der Waals surface area (Å²) >= 11 is 3.15. The van der Waals surface area contributed by atoms with Gasteiger partial charge in [0, 0.05) is 11.9 Å². The fourth-order valence-corrected chi connectivity index (χ4v) is 2.58. The first-order valence-corrected chi connectivity index (χ1v) is 7.61. The van der Waals surface area contributed by atoms with Crippen LogP contribution in [0.1, 0.15) is 18.1 Å². The molecular formula is C15H16BrNO6. The lowest BCUT2D eigenvalue weighted by atomic mass is 10.1. The second kappa shape index (κ2) is 6.69. The Morgan fingerprint density at radius 3 is 2.65 bits per heavy atom. The first-order valence-electron chi connectivity index (χ1n) is 6.82. The van der Waals surface area contributed by atoms with Crippen molar-refractivity contribution in [2.24, 2.45) is 0 Å². The molecule has 4 N–H and O–H groups in total. The molecule has 8 heteroatoms. The van der Waals surface area contributed by atoms with Gasteiger partial charge in [-0.25, -0.2) is 4.79 Å². The van der Waals surface area contributed by atoms with E-state index in [4.69, 9.17) is 9.52 Å². The van der Waals surface area contributed by atoms with E-state index in [1.807, 2.05) is 0 Å². The number of hydrogen-bond acceptors (Lipinski definition) is 6. The van der Waals surface area contributed by atoms with Crippen molar-refractivity contribution in [2.75, 3.05) is 0 Å². The van der Waals surface area contributed by atoms with Gasteiger partial charge < -0.3 is 19.7 Å². The van der Waals surface area contributed by atoms with Gasteiger partial charge in [-0.05, 0) is 47.5 Å². The zero-order valence-electron chi connectivity index (χ0n) is 12.5. The van der Waals surface area contributed by atoms with Crippen LogP contribution in [0.2, 0.25) is 0 Å². The number of halogens is 1. The number of aromatic hydroxyl groups is 1. The van der Waals surface area contributed by atoms with E-state index >= 15 is 0 Å². The molecule has 0 aliphatic heterocycles. The Morgan fingerprint density at radius 2 is 2.09 bits per heavy atom. The highest BCUT2D eigenvalue weighted by Gasteiger charge is 2.24. The monoisotopic (exact) mass is 385 g/mol. The SMILES string of the molecule is Cc1c(Br)c(=O)oc2c(CN[C@H](C(=O)O)C(C)O)c(O)ccc12. The van der Waals surface area contributed by atoms with Crippen LogP contribution >= 0.6 is 15.9 Å². The molecule has 0 amide bonds. The van der Waals surface area contributed by atoms with Crippen LogP contribution in [-0.4, -0.2) is 33.4 Å². The minimum absolute atomic E-state index is 0.0882. The average Bonchev–Trinajstić information content (AvgIpc) is 2.46. The van der Waals surface area contributed by atoms with Crippen LogP contribution in [0, 0.1) is 6.92 Å². The fraction of sp³-hybridized carbons (Fsp3) is 0.333. The third-order valence-corrected chi connectivity index (χ3v) is 4.51. The second-order valence-corrected chi connectivity index (χ2v) is 6.00. The number of fused-ring (bicyclic) bond motifs is 1. The maximum Gasteiger partial charge on any atom is 0.350 e. The minimum atomic E-state index is -1.22. The second-order valence-electron chi connectivity index (χ2n) is 5.21. The number of aryl methyl sites for hydroxylation is 1. The Morgan fingerprint density at radius 1 is 1.43 bits per heavy atom. The Labute approximate surface area is 139 Å². The predicted octanol–water partition coefficient (Wildman–Crippen LogP) is 1.49. The van der Waals surface area contributed by atoms with Gasteiger partial charge in [0.25, 0.3) is 0 Å². The third-order valence-electron chi connectivity index (χ3n) is 3.59. The molecule has 1 aromatic heterocycles. The van der Waals surface area contributed by atoms with E-state index in [0.717, 1.165) is 0 Å². The summed E-state index contributed by atoms with van der Waals surface area (Å²) in [6.07, 6.45) is -1.13. The number of carboxylic acid groups (broad SMARTS) is 1. The van der Waals surface area contributed by atoms with Crippen LogP contribution in [0.3, 0.4) is 0 Å². The van der Waals surface area contributed by atoms with Crippen LogP contribution in [0.5, 0.6) is 5.75 Å². The molecule has 2 rings (SSSR count). The van der Waals surface area contributed by atoms with Gasteiger partial charge in [0.2, 0.25) is 0 Å². The predicted molar refractivity (Wildman–Crippen MR) is 86.5 cm³/mol. The molecule has 2 aromatic rings. The number of hydrogen-bond donors (Lipinski definition) is 4. The molecule has 1 unspecified atom stereocenters. The number of phenols is 1. The van der Waals surface area contributed by atoms with E-state index < -0.39 is 23.7 Å². The summed E-state index contributed by atoms with van der Waals surface area (Å²) in [6, 6.07) is 1.84. The lowest BCUT2D eigenvalue weighted by Crippen LogP contribution is -2.44. The van der Waals surface area contributed by atoms with Crippen LogP contribution in [0.25, 0.3) is 11.0 Å². The number of rotatable bonds is 5. The molecule has 0 radical (unpaired) electrons. The van der Waals surface area contributed by atoms with Crippen molar-refractivity contribution in [1.29, 1.82) is 0 Å². The lowest BCUT2D eigenvalue weighted by Gasteiger charge is -2.18. The van der Waals surface area contributed by atoms with Gasteiger partial charge in [0.15, 0.2) is 0 Å². The molecule has 1 heterocycles. The van der Waals surface area contributed by atoms with E-state index in [9.17, 15) is 19.8 Å². The van der Waals surface area contributed by atoms with Gasteiger partial charge in [-0.15, -0.1) is 0 Å². The quantitative estimate of drug-likeness (QED) is 0.575. The van der Waals surface area contributed by atoms with Crippen molar-refractivity contribution in [3.05, 3.63) is 38.2 Å². The first-order chi connectivity index (χ1) is 10.7. The number of phenolic OH excluding ortho intramolecular Hbond substituents is 1. The summed E-state index contributed by atoms with van der Waals surface area (Å²) in [6.45, 7) is 2.98. The maximum absolute atomic E-state index is 11.8. The van der Waals surface area contributed by atoms with Crippen molar-refractivity contribution in [3.8, 4) is 5.75 Å². The molecule has 1 aromatic carbocycles. The number of nitrogens with one attached hydrogen (secondary N) is 1. The summed E-state index contributed by atoms with van der Waals surface area (Å²) in [4.78, 5) is 22.9. The fourth-order valence-electron chi connectivity index (χ4n) is 2.29. The molecule has 0 bridgehead atoms. The zero-order valence-corrected chi connectivity index (χ0v) is 14.0. The number of carbonyl (C=O) groups is 1. The summed E-state index contributed by atoms with van der Waals surface area (Å²) in [5.41, 5.74) is 0.495. The van der Waals surface area contributed by atoms with E-state index in [-0.39, 0.29) is 23.4 Å². The van der Waals surface area contributed by atoms with Crippen molar-refractivity contribution >= 4 is 32.9 Å². The summed E-state index contributed by atoms with van der Waals surface area (Å²) in [5.74, 6) is -1.36. The molecular weight excluding hydrogens is 370 g/mol. The maximum atomic E-state index is 11.8. The van der Waals surface area contributed by atoms with Crippen LogP contribution in [0.4, 0.5) is 0 Å². The third kappa shape index (κ3) is 3.39. The highest BCUT2D eigenvalue weighted by Crippen LogP contribution is 2.30. The van der Waals surface area contributed by atoms with E-state index in [0.29, 0.717) is 15.4 Å². The normalized spacial score (nSPS) is 13.9. The van der Waals surface area contributed by atoms with Gasteiger partial charge in [-0.3, -0.25) is 10.1 Å². The van der Waals surface area contributed by atoms with Gasteiger partial charge in [0.1, 0.15) is 21.8 Å². The van der Waals surface area contributed by atoms with E-state index in [2.05, 4.69) is 21.2 Å². The highest BCUT2D eigenvalue weighted by atomic mass is 79.9. The van der Waals surface area contributed by atoms with Gasteiger partial charge in [-0.2, -0.15) is 0 Å². The Bertz CT molecular complexity index is 814. The Hall–Kier alpha value is -1.90. The smallest absolute Gasteiger partial charge is 0.350 e. The van der Waals surface area contributed by atoms with Crippen molar-refractivity contribution in [3.63, 3.8) is 0 Å². The molecule has 0 aliphatic carbocycles. The molecule has 0 spiro atoms. The van der Waals surface area contributed by atoms with Gasteiger partial charge >= 0.3 is 11.6 Å². The average molecular weight is 386 g/mol. The van der Waals surface area contributed by atoms with Crippen LogP contribution in [0.15, 0.2) is 25.8 Å². The van der Waals surface area contributed by atoms with Gasteiger partial charge in [0.05, 0.1) is 11.7 Å². The van der Waals surface area contributed by atoms with Crippen LogP contribution in [-0.2, 0) is 11.3 Å². The topological polar surface area (TPSA) is 120 Å². The summed E-state index contributed by atoms with van der Waals surface area (Å²) in [5, 5.41) is 31.8. The number of aliphatic carboxylic acids is 1. The van der Waals surface area contributed by atoms with E-state index in [1.54, 1.807) is 13.0 Å². The van der Waals surface area contributed by atoms with Crippen molar-refractivity contribution in [2.45, 2.75) is 32.5 Å². The Kier molecular flexibility index (Phi) is 5.08. The molecule has 0 aliphatic rings. The molecule has 7 nitrogen and oxygen atoms in total. The molecule has 0 fully saturated rings. The standard InChI is InChI=1S/C15H16BrNO6/c1-6-8-3-4-10(19)9(13(8)23-15(22)11(6)16)5-17-12(7(2)18)14(20)21/h3-4,7,12,17-19H,5H2,1-2H3,(H,20,21)/t7?,12-/m0/s1. The number of benzene rings is 1. The first kappa shape index (κ1) is 17.5. The highest BCUT2D eigenvalue weighted by molar-refractivity contribution is 9.10. The van der Waals surface area contributed by atoms with Gasteiger partial charge in [-0.1, -0.05) is 0 Å². The number of carboxylic acids is 1. The molecule has 124 valence electrons. The summed E-state index contributed by atoms with van der Waals surface area (Å²) < 4.78 is 5.52. The Balaban J connectivity index is 2.50. The molecule has 2 atom stereocenters. The molecule has 0 saturated heterocycles. The number of aliphatic hydroxyl groups excluding tert-OH is 1. The van der Waals surface area contributed by atoms with Crippen molar-refractivity contribution < 1.29 is 24.5 Å². The number of aliphatic hydroxyl groups is 1. The summed E-state index contributed by atoms with van der Waals surface area (Å²) in [7, 11) is 0. The molecule has 0 saturated carbocycles. The zero-order chi connectivity index (χ0) is 17.3. The largest absolute Gasteiger partial charge is 0.507 e. The van der Waals surface area contributed by atoms with E-state index in [1.165, 1.54) is 13.0 Å². The van der Waals surface area contributed by atoms with Crippen LogP contribution < -0.4 is 10.9 Å².